The normalized spacial score (nSPS) is 21.1. The van der Waals surface area contributed by atoms with Crippen LogP contribution in [-0.2, 0) is 4.79 Å². The zero-order valence-electron chi connectivity index (χ0n) is 19.9. The summed E-state index contributed by atoms with van der Waals surface area (Å²) in [5, 5.41) is 2.59. The van der Waals surface area contributed by atoms with Crippen LogP contribution in [-0.4, -0.2) is 58.7 Å². The quantitative estimate of drug-likeness (QED) is 0.525. The van der Waals surface area contributed by atoms with Crippen LogP contribution in [0.4, 0.5) is 5.69 Å². The lowest BCUT2D eigenvalue weighted by Crippen LogP contribution is -2.46. The predicted octanol–water partition coefficient (Wildman–Crippen LogP) is 4.37. The molecule has 2 aromatic rings. The molecule has 5 rings (SSSR count). The maximum absolute atomic E-state index is 13.5. The van der Waals surface area contributed by atoms with Crippen molar-refractivity contribution in [1.82, 2.24) is 14.8 Å². The predicted molar refractivity (Wildman–Crippen MR) is 132 cm³/mol. The molecule has 8 heteroatoms. The number of hydrogen-bond donors (Lipinski definition) is 0. The number of amides is 3. The van der Waals surface area contributed by atoms with E-state index in [2.05, 4.69) is 21.7 Å². The topological polar surface area (TPSA) is 73.8 Å². The summed E-state index contributed by atoms with van der Waals surface area (Å²) in [5.74, 6) is 0.294. The molecular weight excluding hydrogens is 448 g/mol. The van der Waals surface area contributed by atoms with Crippen molar-refractivity contribution in [2.24, 2.45) is 11.8 Å². The molecule has 3 heterocycles. The lowest BCUT2D eigenvalue weighted by atomic mass is 9.94. The number of nitrogens with zero attached hydrogens (tertiary/aromatic N) is 4. The van der Waals surface area contributed by atoms with E-state index in [0.717, 1.165) is 49.6 Å². The van der Waals surface area contributed by atoms with Gasteiger partial charge in [0.25, 0.3) is 11.8 Å². The molecule has 2 fully saturated rings. The van der Waals surface area contributed by atoms with Crippen LogP contribution in [0.25, 0.3) is 0 Å². The van der Waals surface area contributed by atoms with Gasteiger partial charge < -0.3 is 9.80 Å². The van der Waals surface area contributed by atoms with Crippen molar-refractivity contribution in [2.75, 3.05) is 31.1 Å². The fraction of sp³-hybridized carbons (Fsp3) is 0.538. The highest BCUT2D eigenvalue weighted by molar-refractivity contribution is 7.09. The summed E-state index contributed by atoms with van der Waals surface area (Å²) in [7, 11) is 0. The van der Waals surface area contributed by atoms with Crippen LogP contribution in [0, 0.1) is 11.8 Å². The Morgan fingerprint density at radius 3 is 2.76 bits per heavy atom. The van der Waals surface area contributed by atoms with E-state index in [4.69, 9.17) is 0 Å². The zero-order chi connectivity index (χ0) is 23.8. The second-order valence-electron chi connectivity index (χ2n) is 9.74. The third-order valence-electron chi connectivity index (χ3n) is 7.21. The Bertz CT molecular complexity index is 1080. The minimum Gasteiger partial charge on any atom is -0.370 e. The standard InChI is InChI=1S/C26H32N4O3S/c1-3-12-29(15-18-9-10-18)24(31)19-6-5-13-28(16-19)21-8-4-7-20-22(21)26(33)30(25(20)32)17(2)23-27-11-14-34-23/h4,7-8,11,14,17-19H,3,5-6,9-10,12-13,15-16H2,1-2H3. The summed E-state index contributed by atoms with van der Waals surface area (Å²) >= 11 is 1.44. The number of benzene rings is 1. The number of rotatable bonds is 8. The number of anilines is 1. The van der Waals surface area contributed by atoms with Crippen LogP contribution in [0.5, 0.6) is 0 Å². The van der Waals surface area contributed by atoms with Crippen LogP contribution < -0.4 is 4.90 Å². The first-order valence-electron chi connectivity index (χ1n) is 12.4. The van der Waals surface area contributed by atoms with Gasteiger partial charge in [0.15, 0.2) is 0 Å². The highest BCUT2D eigenvalue weighted by Gasteiger charge is 2.43. The summed E-state index contributed by atoms with van der Waals surface area (Å²) in [6.45, 7) is 7.01. The van der Waals surface area contributed by atoms with Crippen molar-refractivity contribution in [1.29, 1.82) is 0 Å². The van der Waals surface area contributed by atoms with Gasteiger partial charge in [0.05, 0.1) is 28.8 Å². The Hall–Kier alpha value is -2.74. The summed E-state index contributed by atoms with van der Waals surface area (Å²) in [5.41, 5.74) is 1.68. The van der Waals surface area contributed by atoms with Crippen molar-refractivity contribution in [3.05, 3.63) is 45.9 Å². The van der Waals surface area contributed by atoms with E-state index in [-0.39, 0.29) is 23.6 Å². The highest BCUT2D eigenvalue weighted by atomic mass is 32.1. The molecule has 1 aliphatic carbocycles. The molecule has 0 bridgehead atoms. The number of carbonyl (C=O) groups excluding carboxylic acids is 3. The number of aromatic nitrogens is 1. The number of thiazole rings is 1. The number of carbonyl (C=O) groups is 3. The van der Waals surface area contributed by atoms with E-state index >= 15 is 0 Å². The monoisotopic (exact) mass is 480 g/mol. The van der Waals surface area contributed by atoms with Gasteiger partial charge in [0.1, 0.15) is 5.01 Å². The van der Waals surface area contributed by atoms with Gasteiger partial charge in [-0.2, -0.15) is 0 Å². The number of piperidine rings is 1. The molecule has 34 heavy (non-hydrogen) atoms. The van der Waals surface area contributed by atoms with Crippen molar-refractivity contribution in [2.45, 2.75) is 52.0 Å². The molecule has 2 unspecified atom stereocenters. The molecule has 0 N–H and O–H groups in total. The number of fused-ring (bicyclic) bond motifs is 1. The van der Waals surface area contributed by atoms with Gasteiger partial charge in [0, 0.05) is 37.8 Å². The smallest absolute Gasteiger partial charge is 0.264 e. The average Bonchev–Trinajstić information content (AvgIpc) is 3.42. The Balaban J connectivity index is 1.38. The van der Waals surface area contributed by atoms with Gasteiger partial charge in [-0.1, -0.05) is 13.0 Å². The molecule has 1 saturated heterocycles. The van der Waals surface area contributed by atoms with E-state index in [1.54, 1.807) is 12.3 Å². The molecule has 2 atom stereocenters. The second kappa shape index (κ2) is 9.49. The van der Waals surface area contributed by atoms with E-state index in [0.29, 0.717) is 23.6 Å². The Labute approximate surface area is 204 Å². The van der Waals surface area contributed by atoms with Gasteiger partial charge in [-0.3, -0.25) is 19.3 Å². The first kappa shape index (κ1) is 23.0. The zero-order valence-corrected chi connectivity index (χ0v) is 20.7. The Morgan fingerprint density at radius 1 is 1.24 bits per heavy atom. The molecule has 180 valence electrons. The van der Waals surface area contributed by atoms with E-state index < -0.39 is 6.04 Å². The third kappa shape index (κ3) is 4.24. The minimum absolute atomic E-state index is 0.0764. The maximum Gasteiger partial charge on any atom is 0.264 e. The summed E-state index contributed by atoms with van der Waals surface area (Å²) in [6.07, 6.45) is 6.87. The lowest BCUT2D eigenvalue weighted by molar-refractivity contribution is -0.136. The molecule has 1 aromatic carbocycles. The molecule has 7 nitrogen and oxygen atoms in total. The molecule has 1 saturated carbocycles. The van der Waals surface area contributed by atoms with E-state index in [1.807, 2.05) is 24.4 Å². The summed E-state index contributed by atoms with van der Waals surface area (Å²) in [6, 6.07) is 5.08. The van der Waals surface area contributed by atoms with Gasteiger partial charge in [-0.15, -0.1) is 11.3 Å². The van der Waals surface area contributed by atoms with Gasteiger partial charge in [0.2, 0.25) is 5.91 Å². The summed E-state index contributed by atoms with van der Waals surface area (Å²) < 4.78 is 0. The van der Waals surface area contributed by atoms with Crippen LogP contribution in [0.3, 0.4) is 0 Å². The molecule has 0 spiro atoms. The van der Waals surface area contributed by atoms with Crippen molar-refractivity contribution in [3.8, 4) is 0 Å². The van der Waals surface area contributed by atoms with Crippen molar-refractivity contribution < 1.29 is 14.4 Å². The molecular formula is C26H32N4O3S. The molecule has 3 aliphatic rings. The fourth-order valence-corrected chi connectivity index (χ4v) is 5.97. The minimum atomic E-state index is -0.416. The summed E-state index contributed by atoms with van der Waals surface area (Å²) in [4.78, 5) is 50.0. The first-order valence-corrected chi connectivity index (χ1v) is 13.3. The molecule has 3 amide bonds. The van der Waals surface area contributed by atoms with Gasteiger partial charge in [-0.25, -0.2) is 4.98 Å². The largest absolute Gasteiger partial charge is 0.370 e. The van der Waals surface area contributed by atoms with Crippen LogP contribution in [0.1, 0.15) is 77.7 Å². The van der Waals surface area contributed by atoms with Gasteiger partial charge >= 0.3 is 0 Å². The number of hydrogen-bond acceptors (Lipinski definition) is 6. The van der Waals surface area contributed by atoms with Crippen LogP contribution in [0.15, 0.2) is 29.8 Å². The third-order valence-corrected chi connectivity index (χ3v) is 8.16. The SMILES string of the molecule is CCCN(CC1CC1)C(=O)C1CCCN(c2cccc3c2C(=O)N(C(C)c2nccs2)C3=O)C1. The lowest BCUT2D eigenvalue weighted by Gasteiger charge is -2.37. The van der Waals surface area contributed by atoms with Crippen LogP contribution in [0.2, 0.25) is 0 Å². The van der Waals surface area contributed by atoms with Crippen molar-refractivity contribution in [3.63, 3.8) is 0 Å². The molecule has 1 aromatic heterocycles. The van der Waals surface area contributed by atoms with E-state index in [9.17, 15) is 14.4 Å². The maximum atomic E-state index is 13.5. The first-order chi connectivity index (χ1) is 16.5. The van der Waals surface area contributed by atoms with E-state index in [1.165, 1.54) is 29.1 Å². The van der Waals surface area contributed by atoms with Crippen molar-refractivity contribution >= 4 is 34.7 Å². The Morgan fingerprint density at radius 2 is 2.06 bits per heavy atom. The molecule has 2 aliphatic heterocycles. The Kier molecular flexibility index (Phi) is 6.42. The van der Waals surface area contributed by atoms with Gasteiger partial charge in [-0.05, 0) is 57.1 Å². The average molecular weight is 481 g/mol. The molecule has 0 radical (unpaired) electrons. The second-order valence-corrected chi connectivity index (χ2v) is 10.7. The highest BCUT2D eigenvalue weighted by Crippen LogP contribution is 2.38. The number of imide groups is 1. The fourth-order valence-electron chi connectivity index (χ4n) is 5.28. The van der Waals surface area contributed by atoms with Crippen LogP contribution >= 0.6 is 11.3 Å².